The summed E-state index contributed by atoms with van der Waals surface area (Å²) < 4.78 is 14.1. The molecule has 3 N–H and O–H groups in total. The summed E-state index contributed by atoms with van der Waals surface area (Å²) in [6.45, 7) is 5.30. The second-order valence-corrected chi connectivity index (χ2v) is 6.92. The summed E-state index contributed by atoms with van der Waals surface area (Å²) in [4.78, 5) is 6.24. The van der Waals surface area contributed by atoms with Crippen LogP contribution in [0.15, 0.2) is 47.5 Å². The molecule has 0 heterocycles. The van der Waals surface area contributed by atoms with Gasteiger partial charge in [-0.15, -0.1) is 24.0 Å². The number of nitrogens with two attached hydrogens (primary N) is 1. The lowest BCUT2D eigenvalue weighted by Gasteiger charge is -2.12. The molecule has 0 amide bonds. The van der Waals surface area contributed by atoms with Gasteiger partial charge in [0.15, 0.2) is 5.96 Å². The first-order valence-corrected chi connectivity index (χ1v) is 8.98. The Bertz CT molecular complexity index is 744. The van der Waals surface area contributed by atoms with E-state index in [1.807, 2.05) is 37.2 Å². The summed E-state index contributed by atoms with van der Waals surface area (Å²) in [5.41, 5.74) is 9.62. The van der Waals surface area contributed by atoms with Gasteiger partial charge in [-0.2, -0.15) is 0 Å². The van der Waals surface area contributed by atoms with Gasteiger partial charge in [0.1, 0.15) is 5.82 Å². The van der Waals surface area contributed by atoms with Crippen LogP contribution in [0.25, 0.3) is 0 Å². The molecule has 0 aliphatic rings. The first kappa shape index (κ1) is 23.4. The predicted molar refractivity (Wildman–Crippen MR) is 123 cm³/mol. The van der Waals surface area contributed by atoms with Crippen molar-refractivity contribution in [1.29, 1.82) is 0 Å². The van der Waals surface area contributed by atoms with E-state index in [2.05, 4.69) is 36.3 Å². The Labute approximate surface area is 179 Å². The zero-order valence-corrected chi connectivity index (χ0v) is 18.8. The third kappa shape index (κ3) is 7.46. The minimum Gasteiger partial charge on any atom is -0.370 e. The van der Waals surface area contributed by atoms with E-state index in [4.69, 9.17) is 5.73 Å². The highest BCUT2D eigenvalue weighted by Gasteiger charge is 2.05. The molecule has 0 saturated carbocycles. The van der Waals surface area contributed by atoms with E-state index in [-0.39, 0.29) is 29.8 Å². The number of rotatable bonds is 7. The molecule has 1 unspecified atom stereocenters. The summed E-state index contributed by atoms with van der Waals surface area (Å²) >= 11 is 0. The van der Waals surface area contributed by atoms with E-state index in [0.717, 1.165) is 17.7 Å². The van der Waals surface area contributed by atoms with Gasteiger partial charge in [-0.05, 0) is 55.8 Å². The molecule has 6 heteroatoms. The van der Waals surface area contributed by atoms with Crippen LogP contribution in [0.4, 0.5) is 10.1 Å². The summed E-state index contributed by atoms with van der Waals surface area (Å²) in [6.07, 6.45) is 1.11. The van der Waals surface area contributed by atoms with Crippen molar-refractivity contribution in [3.05, 3.63) is 65.0 Å². The minimum absolute atomic E-state index is 0. The predicted octanol–water partition coefficient (Wildman–Crippen LogP) is 4.95. The third-order valence-corrected chi connectivity index (χ3v) is 4.40. The van der Waals surface area contributed by atoms with Crippen molar-refractivity contribution in [3.8, 4) is 0 Å². The number of anilines is 1. The Kier molecular flexibility index (Phi) is 9.73. The van der Waals surface area contributed by atoms with E-state index in [9.17, 15) is 4.39 Å². The highest BCUT2D eigenvalue weighted by Crippen LogP contribution is 2.20. The van der Waals surface area contributed by atoms with Crippen LogP contribution in [-0.4, -0.2) is 25.0 Å². The van der Waals surface area contributed by atoms with Gasteiger partial charge in [-0.25, -0.2) is 9.38 Å². The van der Waals surface area contributed by atoms with Crippen molar-refractivity contribution >= 4 is 35.6 Å². The Morgan fingerprint density at radius 3 is 2.41 bits per heavy atom. The van der Waals surface area contributed by atoms with Crippen LogP contribution >= 0.6 is 24.0 Å². The SMILES string of the molecule is CCC(C)c1ccc(NC(N)=NCc2ccc(CN(C)C)c(F)c2)cc1.I. The smallest absolute Gasteiger partial charge is 0.193 e. The fourth-order valence-corrected chi connectivity index (χ4v) is 2.65. The topological polar surface area (TPSA) is 53.6 Å². The van der Waals surface area contributed by atoms with Gasteiger partial charge >= 0.3 is 0 Å². The number of halogens is 2. The molecule has 0 fully saturated rings. The lowest BCUT2D eigenvalue weighted by Crippen LogP contribution is -2.22. The number of guanidine groups is 1. The van der Waals surface area contributed by atoms with Gasteiger partial charge < -0.3 is 16.0 Å². The van der Waals surface area contributed by atoms with Gasteiger partial charge in [-0.1, -0.05) is 38.1 Å². The molecule has 1 atom stereocenters. The van der Waals surface area contributed by atoms with Crippen molar-refractivity contribution in [1.82, 2.24) is 4.90 Å². The summed E-state index contributed by atoms with van der Waals surface area (Å²) in [6, 6.07) is 13.4. The quantitative estimate of drug-likeness (QED) is 0.333. The van der Waals surface area contributed by atoms with E-state index in [0.29, 0.717) is 30.5 Å². The fourth-order valence-electron chi connectivity index (χ4n) is 2.65. The van der Waals surface area contributed by atoms with Crippen molar-refractivity contribution in [2.45, 2.75) is 39.3 Å². The van der Waals surface area contributed by atoms with E-state index >= 15 is 0 Å². The molecule has 0 radical (unpaired) electrons. The van der Waals surface area contributed by atoms with Crippen LogP contribution in [0.5, 0.6) is 0 Å². The second kappa shape index (κ2) is 11.2. The molecule has 0 bridgehead atoms. The maximum atomic E-state index is 14.1. The first-order valence-electron chi connectivity index (χ1n) is 8.98. The molecule has 0 aliphatic heterocycles. The number of hydrogen-bond donors (Lipinski definition) is 2. The maximum Gasteiger partial charge on any atom is 0.193 e. The number of nitrogens with one attached hydrogen (secondary N) is 1. The molecule has 0 saturated heterocycles. The molecule has 2 rings (SSSR count). The molecule has 2 aromatic carbocycles. The largest absolute Gasteiger partial charge is 0.370 e. The molecule has 0 aliphatic carbocycles. The van der Waals surface area contributed by atoms with Crippen molar-refractivity contribution < 1.29 is 4.39 Å². The number of nitrogens with zero attached hydrogens (tertiary/aromatic N) is 2. The van der Waals surface area contributed by atoms with Crippen LogP contribution in [0.2, 0.25) is 0 Å². The van der Waals surface area contributed by atoms with Crippen LogP contribution in [0.1, 0.15) is 42.9 Å². The Morgan fingerprint density at radius 2 is 1.85 bits per heavy atom. The van der Waals surface area contributed by atoms with Crippen LogP contribution in [-0.2, 0) is 13.1 Å². The molecular formula is C21H30FIN4. The minimum atomic E-state index is -0.210. The zero-order chi connectivity index (χ0) is 19.1. The van der Waals surface area contributed by atoms with Gasteiger partial charge in [-0.3, -0.25) is 0 Å². The first-order chi connectivity index (χ1) is 12.4. The van der Waals surface area contributed by atoms with Crippen LogP contribution in [0, 0.1) is 5.82 Å². The van der Waals surface area contributed by atoms with Crippen molar-refractivity contribution in [3.63, 3.8) is 0 Å². The fraction of sp³-hybridized carbons (Fsp3) is 0.381. The van der Waals surface area contributed by atoms with Gasteiger partial charge in [0.25, 0.3) is 0 Å². The Balaban J connectivity index is 0.00000364. The lowest BCUT2D eigenvalue weighted by atomic mass is 9.99. The van der Waals surface area contributed by atoms with Gasteiger partial charge in [0.05, 0.1) is 6.54 Å². The van der Waals surface area contributed by atoms with Gasteiger partial charge in [0.2, 0.25) is 0 Å². The Hall–Kier alpha value is -1.67. The molecular weight excluding hydrogens is 454 g/mol. The molecule has 27 heavy (non-hydrogen) atoms. The number of benzene rings is 2. The molecule has 0 spiro atoms. The Morgan fingerprint density at radius 1 is 1.19 bits per heavy atom. The average molecular weight is 484 g/mol. The van der Waals surface area contributed by atoms with Crippen molar-refractivity contribution in [2.75, 3.05) is 19.4 Å². The lowest BCUT2D eigenvalue weighted by molar-refractivity contribution is 0.392. The maximum absolute atomic E-state index is 14.1. The normalized spacial score (nSPS) is 12.6. The highest BCUT2D eigenvalue weighted by atomic mass is 127. The molecule has 4 nitrogen and oxygen atoms in total. The van der Waals surface area contributed by atoms with Gasteiger partial charge in [0, 0.05) is 17.8 Å². The molecule has 2 aromatic rings. The number of aliphatic imine (C=N–C) groups is 1. The van der Waals surface area contributed by atoms with Crippen molar-refractivity contribution in [2.24, 2.45) is 10.7 Å². The summed E-state index contributed by atoms with van der Waals surface area (Å²) in [5.74, 6) is 0.651. The summed E-state index contributed by atoms with van der Waals surface area (Å²) in [7, 11) is 3.83. The molecule has 148 valence electrons. The zero-order valence-electron chi connectivity index (χ0n) is 16.5. The number of hydrogen-bond acceptors (Lipinski definition) is 2. The van der Waals surface area contributed by atoms with E-state index in [1.165, 1.54) is 11.6 Å². The second-order valence-electron chi connectivity index (χ2n) is 6.92. The standard InChI is InChI=1S/C21H29FN4.HI/c1-5-15(2)17-8-10-19(11-9-17)25-21(23)24-13-16-6-7-18(14-26(3)4)20(22)12-16;/h6-12,15H,5,13-14H2,1-4H3,(H3,23,24,25);1H. The highest BCUT2D eigenvalue weighted by molar-refractivity contribution is 14.0. The average Bonchev–Trinajstić information content (AvgIpc) is 2.61. The van der Waals surface area contributed by atoms with Crippen LogP contribution in [0.3, 0.4) is 0 Å². The monoisotopic (exact) mass is 484 g/mol. The summed E-state index contributed by atoms with van der Waals surface area (Å²) in [5, 5.41) is 3.08. The molecule has 0 aromatic heterocycles. The van der Waals surface area contributed by atoms with Crippen LogP contribution < -0.4 is 11.1 Å². The van der Waals surface area contributed by atoms with E-state index < -0.39 is 0 Å². The third-order valence-electron chi connectivity index (χ3n) is 4.40. The van der Waals surface area contributed by atoms with E-state index in [1.54, 1.807) is 6.07 Å².